The first kappa shape index (κ1) is 22.3. The van der Waals surface area contributed by atoms with Gasteiger partial charge in [-0.15, -0.1) is 0 Å². The minimum Gasteiger partial charge on any atom is -0.370 e. The Morgan fingerprint density at radius 1 is 1.21 bits per heavy atom. The lowest BCUT2D eigenvalue weighted by atomic mass is 9.97. The Balaban J connectivity index is 1.22. The van der Waals surface area contributed by atoms with Gasteiger partial charge in [0.05, 0.1) is 11.0 Å². The summed E-state index contributed by atoms with van der Waals surface area (Å²) >= 11 is 5.98. The van der Waals surface area contributed by atoms with Crippen LogP contribution < -0.4 is 5.32 Å². The first-order chi connectivity index (χ1) is 15.9. The number of carbonyl (C=O) groups is 1. The molecule has 1 amide bonds. The number of fused-ring (bicyclic) bond motifs is 1. The van der Waals surface area contributed by atoms with Crippen molar-refractivity contribution in [1.29, 1.82) is 0 Å². The highest BCUT2D eigenvalue weighted by molar-refractivity contribution is 7.89. The van der Waals surface area contributed by atoms with E-state index in [1.165, 1.54) is 16.6 Å². The van der Waals surface area contributed by atoms with Crippen molar-refractivity contribution in [3.05, 3.63) is 47.5 Å². The zero-order valence-corrected chi connectivity index (χ0v) is 19.4. The highest BCUT2D eigenvalue weighted by atomic mass is 35.5. The number of H-pyrrole nitrogens is 1. The van der Waals surface area contributed by atoms with E-state index in [-0.39, 0.29) is 41.1 Å². The average molecular weight is 490 g/mol. The largest absolute Gasteiger partial charge is 0.370 e. The molecule has 174 valence electrons. The Labute approximate surface area is 196 Å². The van der Waals surface area contributed by atoms with Crippen LogP contribution in [0, 0.1) is 5.92 Å². The van der Waals surface area contributed by atoms with Gasteiger partial charge in [-0.1, -0.05) is 11.6 Å². The van der Waals surface area contributed by atoms with Gasteiger partial charge in [-0.3, -0.25) is 4.79 Å². The van der Waals surface area contributed by atoms with Gasteiger partial charge in [0.2, 0.25) is 15.9 Å². The van der Waals surface area contributed by atoms with Crippen molar-refractivity contribution in [2.24, 2.45) is 5.92 Å². The summed E-state index contributed by atoms with van der Waals surface area (Å²) < 4.78 is 32.8. The first-order valence-corrected chi connectivity index (χ1v) is 12.8. The van der Waals surface area contributed by atoms with Crippen molar-refractivity contribution in [3.63, 3.8) is 0 Å². The van der Waals surface area contributed by atoms with Crippen LogP contribution in [0.5, 0.6) is 0 Å². The standard InChI is InChI=1S/C22H24ClN5O4S/c23-20-19(4-1-9-24-20)33(30,31)28-10-7-14(8-11-28)22(29)25-15-5-6-16-17(13-15)27-21(26-16)18-3-2-12-32-18/h1,4-6,9,13-14,18H,2-3,7-8,10-12H2,(H,25,29)(H,26,27). The van der Waals surface area contributed by atoms with Crippen molar-refractivity contribution < 1.29 is 17.9 Å². The van der Waals surface area contributed by atoms with Crippen LogP contribution in [-0.4, -0.2) is 53.3 Å². The van der Waals surface area contributed by atoms with Crippen molar-refractivity contribution in [2.75, 3.05) is 25.0 Å². The number of anilines is 1. The normalized spacial score (nSPS) is 20.3. The number of ether oxygens (including phenoxy) is 1. The van der Waals surface area contributed by atoms with Gasteiger partial charge in [0.25, 0.3) is 0 Å². The molecule has 4 heterocycles. The van der Waals surface area contributed by atoms with E-state index in [4.69, 9.17) is 16.3 Å². The van der Waals surface area contributed by atoms with Gasteiger partial charge < -0.3 is 15.0 Å². The Hall–Kier alpha value is -2.53. The van der Waals surface area contributed by atoms with Crippen LogP contribution in [0.15, 0.2) is 41.4 Å². The number of hydrogen-bond acceptors (Lipinski definition) is 6. The molecule has 1 unspecified atom stereocenters. The number of carbonyl (C=O) groups excluding carboxylic acids is 1. The fourth-order valence-electron chi connectivity index (χ4n) is 4.36. The van der Waals surface area contributed by atoms with Crippen LogP contribution in [0.2, 0.25) is 5.15 Å². The molecule has 1 atom stereocenters. The molecule has 2 fully saturated rings. The van der Waals surface area contributed by atoms with E-state index >= 15 is 0 Å². The lowest BCUT2D eigenvalue weighted by Gasteiger charge is -2.30. The maximum Gasteiger partial charge on any atom is 0.246 e. The van der Waals surface area contributed by atoms with E-state index in [1.807, 2.05) is 18.2 Å². The number of nitrogens with one attached hydrogen (secondary N) is 2. The molecule has 0 spiro atoms. The van der Waals surface area contributed by atoms with Crippen molar-refractivity contribution >= 4 is 44.3 Å². The van der Waals surface area contributed by atoms with Crippen molar-refractivity contribution in [2.45, 2.75) is 36.7 Å². The second-order valence-corrected chi connectivity index (χ2v) is 10.6. The minimum absolute atomic E-state index is 0.00143. The molecule has 0 bridgehead atoms. The average Bonchev–Trinajstić information content (AvgIpc) is 3.49. The van der Waals surface area contributed by atoms with Gasteiger partial charge in [0, 0.05) is 37.5 Å². The number of amides is 1. The number of imidazole rings is 1. The minimum atomic E-state index is -3.74. The maximum atomic E-state index is 12.9. The fourth-order valence-corrected chi connectivity index (χ4v) is 6.26. The van der Waals surface area contributed by atoms with Crippen molar-refractivity contribution in [3.8, 4) is 0 Å². The number of rotatable bonds is 5. The molecule has 33 heavy (non-hydrogen) atoms. The quantitative estimate of drug-likeness (QED) is 0.530. The second kappa shape index (κ2) is 9.02. The second-order valence-electron chi connectivity index (χ2n) is 8.32. The molecule has 0 saturated carbocycles. The summed E-state index contributed by atoms with van der Waals surface area (Å²) in [7, 11) is -3.74. The number of hydrogen-bond donors (Lipinski definition) is 2. The fraction of sp³-hybridized carbons (Fsp3) is 0.409. The number of halogens is 1. The zero-order chi connectivity index (χ0) is 23.0. The smallest absolute Gasteiger partial charge is 0.246 e. The van der Waals surface area contributed by atoms with E-state index < -0.39 is 10.0 Å². The topological polar surface area (TPSA) is 117 Å². The van der Waals surface area contributed by atoms with Gasteiger partial charge in [-0.2, -0.15) is 4.31 Å². The zero-order valence-electron chi connectivity index (χ0n) is 17.8. The Kier molecular flexibility index (Phi) is 6.09. The van der Waals surface area contributed by atoms with Gasteiger partial charge in [-0.25, -0.2) is 18.4 Å². The third-order valence-electron chi connectivity index (χ3n) is 6.17. The maximum absolute atomic E-state index is 12.9. The highest BCUT2D eigenvalue weighted by Gasteiger charge is 2.33. The summed E-state index contributed by atoms with van der Waals surface area (Å²) in [4.78, 5) is 24.6. The first-order valence-electron chi connectivity index (χ1n) is 10.9. The Morgan fingerprint density at radius 3 is 2.76 bits per heavy atom. The van der Waals surface area contributed by atoms with E-state index in [0.717, 1.165) is 36.3 Å². The van der Waals surface area contributed by atoms with Crippen LogP contribution >= 0.6 is 11.6 Å². The molecule has 1 aromatic carbocycles. The molecule has 2 aromatic heterocycles. The van der Waals surface area contributed by atoms with Crippen molar-refractivity contribution in [1.82, 2.24) is 19.3 Å². The Morgan fingerprint density at radius 2 is 2.03 bits per heavy atom. The van der Waals surface area contributed by atoms with Gasteiger partial charge in [-0.05, 0) is 56.0 Å². The molecule has 0 aliphatic carbocycles. The number of aromatic amines is 1. The third kappa shape index (κ3) is 4.48. The molecular weight excluding hydrogens is 466 g/mol. The van der Waals surface area contributed by atoms with Gasteiger partial charge in [0.15, 0.2) is 0 Å². The van der Waals surface area contributed by atoms with Crippen LogP contribution in [-0.2, 0) is 19.6 Å². The molecule has 3 aromatic rings. The molecule has 11 heteroatoms. The highest BCUT2D eigenvalue weighted by Crippen LogP contribution is 2.30. The molecule has 2 aliphatic heterocycles. The predicted molar refractivity (Wildman–Crippen MR) is 123 cm³/mol. The number of nitrogens with zero attached hydrogens (tertiary/aromatic N) is 3. The van der Waals surface area contributed by atoms with E-state index in [0.29, 0.717) is 18.5 Å². The molecule has 5 rings (SSSR count). The number of sulfonamides is 1. The number of benzene rings is 1. The van der Waals surface area contributed by atoms with Gasteiger partial charge >= 0.3 is 0 Å². The number of pyridine rings is 1. The lowest BCUT2D eigenvalue weighted by Crippen LogP contribution is -2.41. The molecule has 0 radical (unpaired) electrons. The molecule has 2 aliphatic rings. The Bertz CT molecular complexity index is 1280. The molecular formula is C22H24ClN5O4S. The summed E-state index contributed by atoms with van der Waals surface area (Å²) in [6, 6.07) is 8.54. The summed E-state index contributed by atoms with van der Waals surface area (Å²) in [5.41, 5.74) is 2.34. The molecule has 2 saturated heterocycles. The third-order valence-corrected chi connectivity index (χ3v) is 8.51. The predicted octanol–water partition coefficient (Wildman–Crippen LogP) is 3.50. The molecule has 2 N–H and O–H groups in total. The van der Waals surface area contributed by atoms with Crippen LogP contribution in [0.4, 0.5) is 5.69 Å². The van der Waals surface area contributed by atoms with Crippen LogP contribution in [0.3, 0.4) is 0 Å². The monoisotopic (exact) mass is 489 g/mol. The van der Waals surface area contributed by atoms with E-state index in [9.17, 15) is 13.2 Å². The number of aromatic nitrogens is 3. The van der Waals surface area contributed by atoms with Crippen LogP contribution in [0.25, 0.3) is 11.0 Å². The van der Waals surface area contributed by atoms with E-state index in [1.54, 1.807) is 6.07 Å². The summed E-state index contributed by atoms with van der Waals surface area (Å²) in [6.45, 7) is 1.24. The summed E-state index contributed by atoms with van der Waals surface area (Å²) in [5, 5.41) is 2.91. The lowest BCUT2D eigenvalue weighted by molar-refractivity contribution is -0.120. The summed E-state index contributed by atoms with van der Waals surface area (Å²) in [5.74, 6) is 0.415. The molecule has 9 nitrogen and oxygen atoms in total. The summed E-state index contributed by atoms with van der Waals surface area (Å²) in [6.07, 6.45) is 4.28. The van der Waals surface area contributed by atoms with Crippen LogP contribution in [0.1, 0.15) is 37.6 Å². The van der Waals surface area contributed by atoms with Gasteiger partial charge in [0.1, 0.15) is 22.0 Å². The SMILES string of the molecule is O=C(Nc1ccc2nc(C3CCCO3)[nH]c2c1)C1CCN(S(=O)(=O)c2cccnc2Cl)CC1. The van der Waals surface area contributed by atoms with E-state index in [2.05, 4.69) is 20.3 Å². The number of piperidine rings is 1.